The summed E-state index contributed by atoms with van der Waals surface area (Å²) in [7, 11) is 0. The molecule has 0 saturated carbocycles. The lowest BCUT2D eigenvalue weighted by molar-refractivity contribution is -0.0277. The number of amides is 1. The Labute approximate surface area is 259 Å². The molecule has 0 aliphatic carbocycles. The van der Waals surface area contributed by atoms with Gasteiger partial charge in [-0.3, -0.25) is 4.79 Å². The van der Waals surface area contributed by atoms with Crippen LogP contribution in [0.15, 0.2) is 30.7 Å². The van der Waals surface area contributed by atoms with Gasteiger partial charge in [-0.2, -0.15) is 0 Å². The van der Waals surface area contributed by atoms with Gasteiger partial charge in [-0.1, -0.05) is 0 Å². The standard InChI is InChI=1S/C31H43FN6O4.ClH/c1-21(2)38(24-7-12-40-17-24)30(39)26-13-22(32)3-6-27(26)42-28-14-34-20-35-29(28)37-18-31(19-37)8-10-36(11-9-31)15-25-5-4-23(33)16-41-25;/h3,6,13-14,20-21,23-25H,4-5,7-12,15-19,33H2,1-2H3;1H/t23-,24-,25+;/m0./s1. The number of nitrogens with zero attached hydrogens (tertiary/aromatic N) is 5. The van der Waals surface area contributed by atoms with Crippen LogP contribution in [0.1, 0.15) is 56.3 Å². The van der Waals surface area contributed by atoms with Crippen LogP contribution in [-0.4, -0.2) is 102 Å². The highest BCUT2D eigenvalue weighted by Gasteiger charge is 2.46. The Kier molecular flexibility index (Phi) is 10.1. The highest BCUT2D eigenvalue weighted by molar-refractivity contribution is 5.97. The van der Waals surface area contributed by atoms with Gasteiger partial charge in [-0.05, 0) is 77.2 Å². The molecule has 6 rings (SSSR count). The molecule has 12 heteroatoms. The van der Waals surface area contributed by atoms with Crippen molar-refractivity contribution in [1.29, 1.82) is 0 Å². The summed E-state index contributed by atoms with van der Waals surface area (Å²) >= 11 is 0. The van der Waals surface area contributed by atoms with E-state index in [9.17, 15) is 9.18 Å². The summed E-state index contributed by atoms with van der Waals surface area (Å²) in [5.41, 5.74) is 6.42. The largest absolute Gasteiger partial charge is 0.451 e. The molecule has 1 aromatic carbocycles. The summed E-state index contributed by atoms with van der Waals surface area (Å²) in [5, 5.41) is 0. The third-order valence-corrected chi connectivity index (χ3v) is 9.28. The summed E-state index contributed by atoms with van der Waals surface area (Å²) in [4.78, 5) is 29.0. The number of carbonyl (C=O) groups is 1. The summed E-state index contributed by atoms with van der Waals surface area (Å²) < 4.78 is 32.2. The van der Waals surface area contributed by atoms with Crippen molar-refractivity contribution < 1.29 is 23.4 Å². The monoisotopic (exact) mass is 618 g/mol. The van der Waals surface area contributed by atoms with E-state index in [0.717, 1.165) is 64.8 Å². The van der Waals surface area contributed by atoms with Crippen LogP contribution < -0.4 is 15.4 Å². The van der Waals surface area contributed by atoms with Gasteiger partial charge in [0.05, 0.1) is 37.1 Å². The number of hydrogen-bond acceptors (Lipinski definition) is 9. The molecule has 4 fully saturated rings. The molecule has 2 aromatic rings. The summed E-state index contributed by atoms with van der Waals surface area (Å²) in [5.74, 6) is 0.674. The number of nitrogens with two attached hydrogens (primary N) is 1. The second-order valence-corrected chi connectivity index (χ2v) is 12.7. The van der Waals surface area contributed by atoms with E-state index < -0.39 is 5.82 Å². The van der Waals surface area contributed by atoms with Gasteiger partial charge in [0, 0.05) is 43.7 Å². The molecular formula is C31H44ClFN6O4. The second-order valence-electron chi connectivity index (χ2n) is 12.7. The number of piperidine rings is 1. The normalized spacial score (nSPS) is 25.3. The first-order chi connectivity index (χ1) is 20.3. The van der Waals surface area contributed by atoms with E-state index in [1.54, 1.807) is 11.1 Å². The number of anilines is 1. The quantitative estimate of drug-likeness (QED) is 0.472. The number of rotatable bonds is 8. The van der Waals surface area contributed by atoms with Gasteiger partial charge in [0.2, 0.25) is 0 Å². The van der Waals surface area contributed by atoms with E-state index in [1.165, 1.54) is 24.5 Å². The molecule has 10 nitrogen and oxygen atoms in total. The Morgan fingerprint density at radius 1 is 1.19 bits per heavy atom. The Morgan fingerprint density at radius 3 is 2.65 bits per heavy atom. The number of aromatic nitrogens is 2. The van der Waals surface area contributed by atoms with Crippen molar-refractivity contribution in [1.82, 2.24) is 19.8 Å². The topological polar surface area (TPSA) is 106 Å². The zero-order chi connectivity index (χ0) is 29.3. The van der Waals surface area contributed by atoms with Gasteiger partial charge in [0.15, 0.2) is 11.6 Å². The first kappa shape index (κ1) is 31.8. The second kappa shape index (κ2) is 13.6. The van der Waals surface area contributed by atoms with Crippen molar-refractivity contribution in [3.8, 4) is 11.5 Å². The highest BCUT2D eigenvalue weighted by Crippen LogP contribution is 2.45. The van der Waals surface area contributed by atoms with Crippen LogP contribution in [0.3, 0.4) is 0 Å². The van der Waals surface area contributed by atoms with E-state index in [4.69, 9.17) is 19.9 Å². The summed E-state index contributed by atoms with van der Waals surface area (Å²) in [6.45, 7) is 10.6. The van der Waals surface area contributed by atoms with Crippen LogP contribution in [0.5, 0.6) is 11.5 Å². The number of carbonyl (C=O) groups excluding carboxylic acids is 1. The smallest absolute Gasteiger partial charge is 0.258 e. The lowest BCUT2D eigenvalue weighted by atomic mass is 9.72. The first-order valence-corrected chi connectivity index (χ1v) is 15.3. The molecule has 5 heterocycles. The fourth-order valence-electron chi connectivity index (χ4n) is 6.90. The first-order valence-electron chi connectivity index (χ1n) is 15.3. The molecule has 4 aliphatic rings. The minimum atomic E-state index is -0.490. The van der Waals surface area contributed by atoms with Crippen molar-refractivity contribution in [3.63, 3.8) is 0 Å². The lowest BCUT2D eigenvalue weighted by Crippen LogP contribution is -2.61. The molecule has 0 unspecified atom stereocenters. The lowest BCUT2D eigenvalue weighted by Gasteiger charge is -2.54. The maximum atomic E-state index is 14.4. The van der Waals surface area contributed by atoms with E-state index >= 15 is 0 Å². The molecule has 4 saturated heterocycles. The average Bonchev–Trinajstić information content (AvgIpc) is 3.49. The number of benzene rings is 1. The van der Waals surface area contributed by atoms with Crippen molar-refractivity contribution in [3.05, 3.63) is 42.1 Å². The predicted molar refractivity (Wildman–Crippen MR) is 164 cm³/mol. The van der Waals surface area contributed by atoms with Gasteiger partial charge in [-0.15, -0.1) is 12.4 Å². The summed E-state index contributed by atoms with van der Waals surface area (Å²) in [6.07, 6.45) is 8.52. The van der Waals surface area contributed by atoms with Crippen LogP contribution >= 0.6 is 12.4 Å². The van der Waals surface area contributed by atoms with Crippen LogP contribution in [0.2, 0.25) is 0 Å². The molecule has 4 aliphatic heterocycles. The van der Waals surface area contributed by atoms with Crippen LogP contribution in [0.25, 0.3) is 0 Å². The van der Waals surface area contributed by atoms with Gasteiger partial charge in [0.25, 0.3) is 5.91 Å². The molecular weight excluding hydrogens is 575 g/mol. The van der Waals surface area contributed by atoms with Gasteiger partial charge >= 0.3 is 0 Å². The zero-order valence-corrected chi connectivity index (χ0v) is 25.9. The maximum absolute atomic E-state index is 14.4. The molecule has 3 atom stereocenters. The fourth-order valence-corrected chi connectivity index (χ4v) is 6.90. The SMILES string of the molecule is CC(C)N(C(=O)c1cc(F)ccc1Oc1cncnc1N1CC2(CCN(C[C@H]3CC[C@H](N)CO3)CC2)C1)[C@H]1CCOC1.Cl. The maximum Gasteiger partial charge on any atom is 0.258 e. The number of likely N-dealkylation sites (tertiary alicyclic amines) is 1. The van der Waals surface area contributed by atoms with Crippen LogP contribution in [-0.2, 0) is 9.47 Å². The van der Waals surface area contributed by atoms with Gasteiger partial charge in [0.1, 0.15) is 17.9 Å². The number of hydrogen-bond donors (Lipinski definition) is 1. The minimum absolute atomic E-state index is 0. The molecule has 2 N–H and O–H groups in total. The van der Waals surface area contributed by atoms with Gasteiger partial charge in [-0.25, -0.2) is 14.4 Å². The Balaban J connectivity index is 0.00000368. The van der Waals surface area contributed by atoms with E-state index in [0.29, 0.717) is 37.5 Å². The van der Waals surface area contributed by atoms with E-state index in [-0.39, 0.29) is 53.2 Å². The van der Waals surface area contributed by atoms with Gasteiger partial charge < -0.3 is 34.6 Å². The molecule has 1 spiro atoms. The summed E-state index contributed by atoms with van der Waals surface area (Å²) in [6, 6.07) is 4.13. The molecule has 43 heavy (non-hydrogen) atoms. The number of ether oxygens (including phenoxy) is 3. The van der Waals surface area contributed by atoms with Crippen LogP contribution in [0.4, 0.5) is 10.2 Å². The minimum Gasteiger partial charge on any atom is -0.451 e. The molecule has 236 valence electrons. The van der Waals surface area contributed by atoms with Crippen LogP contribution in [0, 0.1) is 11.2 Å². The average molecular weight is 619 g/mol. The third-order valence-electron chi connectivity index (χ3n) is 9.28. The zero-order valence-electron chi connectivity index (χ0n) is 25.1. The molecule has 1 aromatic heterocycles. The number of halogens is 2. The Hall–Kier alpha value is -2.57. The predicted octanol–water partition coefficient (Wildman–Crippen LogP) is 3.88. The van der Waals surface area contributed by atoms with Crippen molar-refractivity contribution in [2.75, 3.05) is 57.4 Å². The molecule has 1 amide bonds. The fraction of sp³-hybridized carbons (Fsp3) is 0.645. The highest BCUT2D eigenvalue weighted by atomic mass is 35.5. The Morgan fingerprint density at radius 2 is 1.98 bits per heavy atom. The van der Waals surface area contributed by atoms with E-state index in [2.05, 4.69) is 19.8 Å². The van der Waals surface area contributed by atoms with Crippen molar-refractivity contribution in [2.24, 2.45) is 11.1 Å². The molecule has 0 bridgehead atoms. The van der Waals surface area contributed by atoms with E-state index in [1.807, 2.05) is 13.8 Å². The Bertz CT molecular complexity index is 1240. The molecule has 0 radical (unpaired) electrons. The third kappa shape index (κ3) is 7.06. The van der Waals surface area contributed by atoms with Crippen molar-refractivity contribution >= 4 is 24.1 Å². The van der Waals surface area contributed by atoms with Crippen molar-refractivity contribution in [2.45, 2.75) is 70.2 Å².